The quantitative estimate of drug-likeness (QED) is 0.735. The van der Waals surface area contributed by atoms with Crippen LogP contribution in [-0.4, -0.2) is 17.6 Å². The molecule has 2 atom stereocenters. The van der Waals surface area contributed by atoms with Crippen molar-refractivity contribution in [3.05, 3.63) is 34.6 Å². The van der Waals surface area contributed by atoms with E-state index in [2.05, 4.69) is 10.9 Å². The molecule has 1 aliphatic rings. The lowest BCUT2D eigenvalue weighted by molar-refractivity contribution is -0.141. The highest BCUT2D eigenvalue weighted by Crippen LogP contribution is 2.29. The van der Waals surface area contributed by atoms with Gasteiger partial charge in [0.1, 0.15) is 5.82 Å². The van der Waals surface area contributed by atoms with Crippen molar-refractivity contribution in [2.45, 2.75) is 6.04 Å². The van der Waals surface area contributed by atoms with Crippen LogP contribution in [0.2, 0.25) is 5.02 Å². The van der Waals surface area contributed by atoms with Crippen molar-refractivity contribution in [3.8, 4) is 0 Å². The number of rotatable bonds is 2. The molecule has 0 amide bonds. The Morgan fingerprint density at radius 1 is 1.56 bits per heavy atom. The number of nitrogens with one attached hydrogen (secondary N) is 2. The van der Waals surface area contributed by atoms with Crippen molar-refractivity contribution >= 4 is 17.6 Å². The van der Waals surface area contributed by atoms with Gasteiger partial charge in [-0.1, -0.05) is 11.6 Å². The van der Waals surface area contributed by atoms with Gasteiger partial charge in [-0.05, 0) is 18.2 Å². The summed E-state index contributed by atoms with van der Waals surface area (Å²) in [4.78, 5) is 10.9. The molecule has 1 aromatic carbocycles. The Morgan fingerprint density at radius 3 is 3.00 bits per heavy atom. The van der Waals surface area contributed by atoms with Crippen LogP contribution in [0.25, 0.3) is 0 Å². The molecule has 0 bridgehead atoms. The fourth-order valence-corrected chi connectivity index (χ4v) is 1.96. The Balaban J connectivity index is 2.35. The van der Waals surface area contributed by atoms with Gasteiger partial charge in [0, 0.05) is 17.1 Å². The van der Waals surface area contributed by atoms with E-state index in [1.807, 2.05) is 0 Å². The molecule has 1 saturated heterocycles. The van der Waals surface area contributed by atoms with E-state index in [1.165, 1.54) is 18.2 Å². The zero-order valence-electron chi connectivity index (χ0n) is 8.21. The molecule has 1 aliphatic heterocycles. The molecule has 6 heteroatoms. The van der Waals surface area contributed by atoms with Crippen LogP contribution in [0.1, 0.15) is 11.6 Å². The lowest BCUT2D eigenvalue weighted by Crippen LogP contribution is -2.27. The van der Waals surface area contributed by atoms with Crippen molar-refractivity contribution in [1.82, 2.24) is 10.9 Å². The van der Waals surface area contributed by atoms with Crippen LogP contribution < -0.4 is 10.9 Å². The topological polar surface area (TPSA) is 61.4 Å². The fraction of sp³-hybridized carbons (Fsp3) is 0.300. The number of benzene rings is 1. The van der Waals surface area contributed by atoms with Crippen LogP contribution in [-0.2, 0) is 4.79 Å². The molecule has 86 valence electrons. The summed E-state index contributed by atoms with van der Waals surface area (Å²) in [5.41, 5.74) is 5.72. The number of hydrogen-bond donors (Lipinski definition) is 3. The second kappa shape index (κ2) is 4.37. The Hall–Kier alpha value is -1.17. The van der Waals surface area contributed by atoms with Gasteiger partial charge in [-0.25, -0.2) is 9.82 Å². The average molecular weight is 245 g/mol. The van der Waals surface area contributed by atoms with E-state index >= 15 is 0 Å². The number of carboxylic acid groups (broad SMARTS) is 1. The summed E-state index contributed by atoms with van der Waals surface area (Å²) >= 11 is 5.76. The van der Waals surface area contributed by atoms with Crippen molar-refractivity contribution in [1.29, 1.82) is 0 Å². The molecule has 2 unspecified atom stereocenters. The molecule has 0 radical (unpaired) electrons. The van der Waals surface area contributed by atoms with Gasteiger partial charge < -0.3 is 5.11 Å². The van der Waals surface area contributed by atoms with Gasteiger partial charge in [-0.2, -0.15) is 0 Å². The summed E-state index contributed by atoms with van der Waals surface area (Å²) in [6.07, 6.45) is 0. The number of hydrazine groups is 1. The predicted molar refractivity (Wildman–Crippen MR) is 56.4 cm³/mol. The number of hydrogen-bond acceptors (Lipinski definition) is 3. The molecular formula is C10H10ClFN2O2. The van der Waals surface area contributed by atoms with Crippen molar-refractivity contribution < 1.29 is 14.3 Å². The van der Waals surface area contributed by atoms with Crippen LogP contribution in [0.3, 0.4) is 0 Å². The standard InChI is InChI=1S/C10H10ClFN2O2/c11-5-1-2-8(12)6(3-5)9-7(10(15)16)4-13-14-9/h1-3,7,9,13-14H,4H2,(H,15,16). The molecule has 3 N–H and O–H groups in total. The summed E-state index contributed by atoms with van der Waals surface area (Å²) in [6.45, 7) is 0.256. The summed E-state index contributed by atoms with van der Waals surface area (Å²) in [7, 11) is 0. The molecule has 1 heterocycles. The Bertz CT molecular complexity index is 427. The second-order valence-corrected chi connectivity index (χ2v) is 4.05. The largest absolute Gasteiger partial charge is 0.481 e. The summed E-state index contributed by atoms with van der Waals surface area (Å²) < 4.78 is 13.5. The van der Waals surface area contributed by atoms with E-state index in [4.69, 9.17) is 16.7 Å². The molecule has 16 heavy (non-hydrogen) atoms. The first-order valence-electron chi connectivity index (χ1n) is 4.75. The van der Waals surface area contributed by atoms with Gasteiger partial charge in [-0.3, -0.25) is 10.2 Å². The smallest absolute Gasteiger partial charge is 0.309 e. The lowest BCUT2D eigenvalue weighted by Gasteiger charge is -2.16. The van der Waals surface area contributed by atoms with Crippen molar-refractivity contribution in [2.75, 3.05) is 6.54 Å². The number of carbonyl (C=O) groups is 1. The highest BCUT2D eigenvalue weighted by atomic mass is 35.5. The second-order valence-electron chi connectivity index (χ2n) is 3.61. The van der Waals surface area contributed by atoms with Crippen LogP contribution in [0.15, 0.2) is 18.2 Å². The minimum atomic E-state index is -0.970. The zero-order chi connectivity index (χ0) is 11.7. The first-order chi connectivity index (χ1) is 7.59. The highest BCUT2D eigenvalue weighted by Gasteiger charge is 2.35. The SMILES string of the molecule is O=C(O)C1CNNC1c1cc(Cl)ccc1F. The summed E-state index contributed by atoms with van der Waals surface area (Å²) in [5, 5.41) is 9.35. The Labute approximate surface area is 96.4 Å². The number of halogens is 2. The third-order valence-electron chi connectivity index (χ3n) is 2.59. The minimum absolute atomic E-state index is 0.256. The maximum absolute atomic E-state index is 13.5. The highest BCUT2D eigenvalue weighted by molar-refractivity contribution is 6.30. The third-order valence-corrected chi connectivity index (χ3v) is 2.83. The normalized spacial score (nSPS) is 24.6. The van der Waals surface area contributed by atoms with E-state index in [1.54, 1.807) is 0 Å². The van der Waals surface area contributed by atoms with Gasteiger partial charge in [0.05, 0.1) is 12.0 Å². The van der Waals surface area contributed by atoms with Crippen LogP contribution in [0.5, 0.6) is 0 Å². The third kappa shape index (κ3) is 2.02. The van der Waals surface area contributed by atoms with Crippen LogP contribution in [0, 0.1) is 11.7 Å². The van der Waals surface area contributed by atoms with E-state index in [0.717, 1.165) is 0 Å². The van der Waals surface area contributed by atoms with E-state index in [9.17, 15) is 9.18 Å². The predicted octanol–water partition coefficient (Wildman–Crippen LogP) is 1.33. The van der Waals surface area contributed by atoms with E-state index in [-0.39, 0.29) is 12.1 Å². The molecule has 2 rings (SSSR count). The molecule has 0 aliphatic carbocycles. The fourth-order valence-electron chi connectivity index (χ4n) is 1.77. The number of aliphatic carboxylic acids is 1. The molecule has 1 fully saturated rings. The first kappa shape index (κ1) is 11.3. The van der Waals surface area contributed by atoms with E-state index in [0.29, 0.717) is 5.02 Å². The maximum atomic E-state index is 13.5. The van der Waals surface area contributed by atoms with Crippen molar-refractivity contribution in [2.24, 2.45) is 5.92 Å². The van der Waals surface area contributed by atoms with Gasteiger partial charge in [-0.15, -0.1) is 0 Å². The van der Waals surface area contributed by atoms with Crippen LogP contribution >= 0.6 is 11.6 Å². The molecule has 0 spiro atoms. The summed E-state index contributed by atoms with van der Waals surface area (Å²) in [6, 6.07) is 3.50. The first-order valence-corrected chi connectivity index (χ1v) is 5.13. The number of carboxylic acids is 1. The van der Waals surface area contributed by atoms with E-state index < -0.39 is 23.7 Å². The molecular weight excluding hydrogens is 235 g/mol. The molecule has 0 aromatic heterocycles. The lowest BCUT2D eigenvalue weighted by atomic mass is 9.95. The maximum Gasteiger partial charge on any atom is 0.309 e. The van der Waals surface area contributed by atoms with Crippen molar-refractivity contribution in [3.63, 3.8) is 0 Å². The summed E-state index contributed by atoms with van der Waals surface area (Å²) in [5.74, 6) is -2.13. The van der Waals surface area contributed by atoms with Crippen LogP contribution in [0.4, 0.5) is 4.39 Å². The molecule has 0 saturated carbocycles. The average Bonchev–Trinajstić information content (AvgIpc) is 2.70. The minimum Gasteiger partial charge on any atom is -0.481 e. The van der Waals surface area contributed by atoms with Gasteiger partial charge in [0.25, 0.3) is 0 Å². The van der Waals surface area contributed by atoms with Gasteiger partial charge in [0.2, 0.25) is 0 Å². The van der Waals surface area contributed by atoms with Gasteiger partial charge >= 0.3 is 5.97 Å². The Kier molecular flexibility index (Phi) is 3.09. The molecule has 4 nitrogen and oxygen atoms in total. The molecule has 1 aromatic rings. The Morgan fingerprint density at radius 2 is 2.31 bits per heavy atom. The zero-order valence-corrected chi connectivity index (χ0v) is 8.96. The van der Waals surface area contributed by atoms with Gasteiger partial charge in [0.15, 0.2) is 0 Å². The monoisotopic (exact) mass is 244 g/mol.